The van der Waals surface area contributed by atoms with E-state index >= 15 is 0 Å². The molecule has 2 rings (SSSR count). The maximum atomic E-state index is 12.9. The van der Waals surface area contributed by atoms with Crippen LogP contribution >= 0.6 is 0 Å². The van der Waals surface area contributed by atoms with Gasteiger partial charge in [-0.05, 0) is 38.0 Å². The molecule has 1 N–H and O–H groups in total. The van der Waals surface area contributed by atoms with Crippen LogP contribution < -0.4 is 5.32 Å². The summed E-state index contributed by atoms with van der Waals surface area (Å²) in [6, 6.07) is -0.607. The zero-order chi connectivity index (χ0) is 15.8. The summed E-state index contributed by atoms with van der Waals surface area (Å²) in [5, 5.41) is 3.01. The summed E-state index contributed by atoms with van der Waals surface area (Å²) in [7, 11) is 0. The zero-order valence-electron chi connectivity index (χ0n) is 14.1. The van der Waals surface area contributed by atoms with E-state index in [1.165, 1.54) is 19.3 Å². The summed E-state index contributed by atoms with van der Waals surface area (Å²) in [6.07, 6.45) is 5.74. The Morgan fingerprint density at radius 2 is 1.67 bits per heavy atom. The van der Waals surface area contributed by atoms with Crippen LogP contribution in [-0.2, 0) is 9.59 Å². The van der Waals surface area contributed by atoms with Crippen molar-refractivity contribution in [1.29, 1.82) is 0 Å². The summed E-state index contributed by atoms with van der Waals surface area (Å²) in [5.41, 5.74) is -0.253. The van der Waals surface area contributed by atoms with Gasteiger partial charge in [0, 0.05) is 6.04 Å². The number of carbonyl (C=O) groups excluding carboxylic acids is 2. The largest absolute Gasteiger partial charge is 0.342 e. The van der Waals surface area contributed by atoms with Crippen LogP contribution in [0.4, 0.5) is 0 Å². The van der Waals surface area contributed by atoms with Crippen molar-refractivity contribution < 1.29 is 9.59 Å². The summed E-state index contributed by atoms with van der Waals surface area (Å²) >= 11 is 0. The average molecular weight is 294 g/mol. The predicted octanol–water partition coefficient (Wildman–Crippen LogP) is 2.72. The Morgan fingerprint density at radius 1 is 1.10 bits per heavy atom. The third kappa shape index (κ3) is 3.24. The van der Waals surface area contributed by atoms with Crippen molar-refractivity contribution in [3.63, 3.8) is 0 Å². The summed E-state index contributed by atoms with van der Waals surface area (Å²) in [4.78, 5) is 27.5. The third-order valence-electron chi connectivity index (χ3n) is 4.88. The molecule has 1 aliphatic heterocycles. The molecule has 2 aliphatic rings. The Kier molecular flexibility index (Phi) is 4.64. The Labute approximate surface area is 128 Å². The molecule has 2 atom stereocenters. The Hall–Kier alpha value is -1.06. The molecule has 0 spiro atoms. The number of hydrogen-bond donors (Lipinski definition) is 1. The monoisotopic (exact) mass is 294 g/mol. The number of amides is 2. The van der Waals surface area contributed by atoms with Crippen LogP contribution in [0, 0.1) is 11.3 Å². The van der Waals surface area contributed by atoms with Crippen molar-refractivity contribution in [2.24, 2.45) is 11.3 Å². The van der Waals surface area contributed by atoms with Gasteiger partial charge >= 0.3 is 0 Å². The number of rotatable bonds is 2. The van der Waals surface area contributed by atoms with Gasteiger partial charge in [0.2, 0.25) is 11.8 Å². The van der Waals surface area contributed by atoms with Gasteiger partial charge in [-0.1, -0.05) is 40.0 Å². The van der Waals surface area contributed by atoms with Gasteiger partial charge in [-0.2, -0.15) is 0 Å². The van der Waals surface area contributed by atoms with E-state index in [0.29, 0.717) is 5.92 Å². The van der Waals surface area contributed by atoms with Gasteiger partial charge in [-0.25, -0.2) is 0 Å². The molecule has 1 heterocycles. The minimum absolute atomic E-state index is 0.0510. The van der Waals surface area contributed by atoms with Gasteiger partial charge in [0.05, 0.1) is 0 Å². The first-order chi connectivity index (χ1) is 9.73. The molecule has 2 fully saturated rings. The molecule has 120 valence electrons. The lowest BCUT2D eigenvalue weighted by atomic mass is 9.78. The zero-order valence-corrected chi connectivity index (χ0v) is 14.1. The van der Waals surface area contributed by atoms with Crippen molar-refractivity contribution in [1.82, 2.24) is 10.2 Å². The standard InChI is InChI=1S/C17H30N2O2/c1-11(2)19-13(12-9-7-6-8-10-12)15(20)18-14(16(19)21)17(3,4)5/h11-14H,6-10H2,1-5H3,(H,18,20). The number of piperazine rings is 1. The van der Waals surface area contributed by atoms with E-state index in [2.05, 4.69) is 5.32 Å². The maximum absolute atomic E-state index is 12.9. The van der Waals surface area contributed by atoms with Crippen LogP contribution in [0.1, 0.15) is 66.7 Å². The number of nitrogens with zero attached hydrogens (tertiary/aromatic N) is 1. The SMILES string of the molecule is CC(C)N1C(=O)C(C(C)(C)C)NC(=O)C1C1CCCCC1. The van der Waals surface area contributed by atoms with E-state index in [1.807, 2.05) is 39.5 Å². The van der Waals surface area contributed by atoms with Crippen molar-refractivity contribution in [2.45, 2.75) is 84.8 Å². The smallest absolute Gasteiger partial charge is 0.246 e. The van der Waals surface area contributed by atoms with Gasteiger partial charge in [-0.15, -0.1) is 0 Å². The quantitative estimate of drug-likeness (QED) is 0.851. The Morgan fingerprint density at radius 3 is 2.14 bits per heavy atom. The van der Waals surface area contributed by atoms with Crippen molar-refractivity contribution in [3.05, 3.63) is 0 Å². The fourth-order valence-corrected chi connectivity index (χ4v) is 3.76. The minimum Gasteiger partial charge on any atom is -0.342 e. The average Bonchev–Trinajstić information content (AvgIpc) is 2.39. The second-order valence-corrected chi connectivity index (χ2v) is 7.99. The van der Waals surface area contributed by atoms with Crippen molar-refractivity contribution in [3.8, 4) is 0 Å². The maximum Gasteiger partial charge on any atom is 0.246 e. The molecular weight excluding hydrogens is 264 g/mol. The molecule has 4 nitrogen and oxygen atoms in total. The first-order valence-electron chi connectivity index (χ1n) is 8.36. The first-order valence-corrected chi connectivity index (χ1v) is 8.36. The normalized spacial score (nSPS) is 29.0. The van der Waals surface area contributed by atoms with E-state index in [0.717, 1.165) is 12.8 Å². The van der Waals surface area contributed by atoms with Crippen LogP contribution in [0.3, 0.4) is 0 Å². The summed E-state index contributed by atoms with van der Waals surface area (Å²) in [5.74, 6) is 0.466. The van der Waals surface area contributed by atoms with Gasteiger partial charge in [0.25, 0.3) is 0 Å². The van der Waals surface area contributed by atoms with Crippen LogP contribution in [0.25, 0.3) is 0 Å². The molecule has 2 amide bonds. The Bertz CT molecular complexity index is 406. The fraction of sp³-hybridized carbons (Fsp3) is 0.882. The molecule has 0 radical (unpaired) electrons. The second-order valence-electron chi connectivity index (χ2n) is 7.99. The van der Waals surface area contributed by atoms with Crippen LogP contribution in [0.5, 0.6) is 0 Å². The number of nitrogens with one attached hydrogen (secondary N) is 1. The molecule has 2 unspecified atom stereocenters. The van der Waals surface area contributed by atoms with Crippen molar-refractivity contribution in [2.75, 3.05) is 0 Å². The molecule has 4 heteroatoms. The lowest BCUT2D eigenvalue weighted by molar-refractivity contribution is -0.157. The molecule has 0 aromatic rings. The van der Waals surface area contributed by atoms with Gasteiger partial charge < -0.3 is 10.2 Å². The minimum atomic E-state index is -0.410. The van der Waals surface area contributed by atoms with Crippen LogP contribution in [0.2, 0.25) is 0 Å². The molecular formula is C17H30N2O2. The Balaban J connectivity index is 2.29. The van der Waals surface area contributed by atoms with E-state index in [-0.39, 0.29) is 29.3 Å². The van der Waals surface area contributed by atoms with Gasteiger partial charge in [0.1, 0.15) is 12.1 Å². The summed E-state index contributed by atoms with van der Waals surface area (Å²) in [6.45, 7) is 10.1. The first kappa shape index (κ1) is 16.3. The van der Waals surface area contributed by atoms with E-state index < -0.39 is 6.04 Å². The van der Waals surface area contributed by atoms with Gasteiger partial charge in [-0.3, -0.25) is 9.59 Å². The highest BCUT2D eigenvalue weighted by atomic mass is 16.2. The van der Waals surface area contributed by atoms with Crippen LogP contribution in [-0.4, -0.2) is 34.8 Å². The predicted molar refractivity (Wildman–Crippen MR) is 83.7 cm³/mol. The lowest BCUT2D eigenvalue weighted by Crippen LogP contribution is -2.69. The number of carbonyl (C=O) groups is 2. The van der Waals surface area contributed by atoms with Gasteiger partial charge in [0.15, 0.2) is 0 Å². The van der Waals surface area contributed by atoms with E-state index in [4.69, 9.17) is 0 Å². The highest BCUT2D eigenvalue weighted by Crippen LogP contribution is 2.34. The molecule has 1 saturated carbocycles. The summed E-state index contributed by atoms with van der Waals surface area (Å²) < 4.78 is 0. The lowest BCUT2D eigenvalue weighted by Gasteiger charge is -2.48. The highest BCUT2D eigenvalue weighted by Gasteiger charge is 2.48. The molecule has 21 heavy (non-hydrogen) atoms. The topological polar surface area (TPSA) is 49.4 Å². The molecule has 1 saturated heterocycles. The third-order valence-corrected chi connectivity index (χ3v) is 4.88. The fourth-order valence-electron chi connectivity index (χ4n) is 3.76. The highest BCUT2D eigenvalue weighted by molar-refractivity contribution is 5.97. The molecule has 0 bridgehead atoms. The molecule has 0 aromatic carbocycles. The number of hydrogen-bond acceptors (Lipinski definition) is 2. The van der Waals surface area contributed by atoms with E-state index in [9.17, 15) is 9.59 Å². The molecule has 0 aromatic heterocycles. The van der Waals surface area contributed by atoms with Crippen LogP contribution in [0.15, 0.2) is 0 Å². The van der Waals surface area contributed by atoms with E-state index in [1.54, 1.807) is 0 Å². The van der Waals surface area contributed by atoms with Crippen molar-refractivity contribution >= 4 is 11.8 Å². The molecule has 1 aliphatic carbocycles. The second kappa shape index (κ2) is 5.98.